The van der Waals surface area contributed by atoms with Gasteiger partial charge in [-0.1, -0.05) is 79.0 Å². The number of amides is 2. The first-order valence-corrected chi connectivity index (χ1v) is 18.3. The summed E-state index contributed by atoms with van der Waals surface area (Å²) < 4.78 is 41.1. The molecule has 4 aromatic rings. The highest BCUT2D eigenvalue weighted by Gasteiger charge is 2.36. The smallest absolute Gasteiger partial charge is 0.264 e. The van der Waals surface area contributed by atoms with Crippen molar-refractivity contribution in [1.29, 1.82) is 0 Å². The molecule has 0 heterocycles. The molecular weight excluding hydrogens is 662 g/mol. The molecule has 4 aromatic carbocycles. The average molecular weight is 704 g/mol. The number of benzene rings is 4. The number of methoxy groups -OCH3 is 1. The van der Waals surface area contributed by atoms with Crippen molar-refractivity contribution in [2.45, 2.75) is 62.6 Å². The Labute approximate surface area is 293 Å². The SMILES string of the molecule is CCOc1ccccc1N(CC(=O)N(Cc1cccc(OC)c1)C(Cc1ccccc1)C(=O)NC1CCCC1)S(=O)(=O)c1ccc(Cl)cc1. The van der Waals surface area contributed by atoms with Gasteiger partial charge in [0.05, 0.1) is 24.3 Å². The monoisotopic (exact) mass is 703 g/mol. The fraction of sp³-hybridized carbons (Fsp3) is 0.316. The van der Waals surface area contributed by atoms with Crippen LogP contribution in [0.2, 0.25) is 5.02 Å². The first-order chi connectivity index (χ1) is 23.7. The molecule has 5 rings (SSSR count). The third-order valence-corrected chi connectivity index (χ3v) is 10.6. The molecular formula is C38H42ClN3O6S. The van der Waals surface area contributed by atoms with Gasteiger partial charge in [0.1, 0.15) is 24.1 Å². The molecule has 1 aliphatic carbocycles. The van der Waals surface area contributed by atoms with Crippen LogP contribution >= 0.6 is 11.6 Å². The molecule has 1 N–H and O–H groups in total. The lowest BCUT2D eigenvalue weighted by atomic mass is 10.0. The Morgan fingerprint density at radius 3 is 2.27 bits per heavy atom. The van der Waals surface area contributed by atoms with Crippen LogP contribution in [-0.2, 0) is 32.6 Å². The molecule has 0 bridgehead atoms. The lowest BCUT2D eigenvalue weighted by Crippen LogP contribution is -2.54. The molecule has 1 unspecified atom stereocenters. The summed E-state index contributed by atoms with van der Waals surface area (Å²) in [5.74, 6) is 0.0509. The second-order valence-electron chi connectivity index (χ2n) is 11.9. The van der Waals surface area contributed by atoms with Crippen molar-refractivity contribution in [3.63, 3.8) is 0 Å². The van der Waals surface area contributed by atoms with E-state index in [9.17, 15) is 18.0 Å². The minimum atomic E-state index is -4.32. The summed E-state index contributed by atoms with van der Waals surface area (Å²) in [6, 6.07) is 28.3. The Morgan fingerprint density at radius 1 is 0.898 bits per heavy atom. The summed E-state index contributed by atoms with van der Waals surface area (Å²) in [6.07, 6.45) is 4.02. The van der Waals surface area contributed by atoms with E-state index < -0.39 is 28.5 Å². The lowest BCUT2D eigenvalue weighted by Gasteiger charge is -2.34. The molecule has 49 heavy (non-hydrogen) atoms. The minimum Gasteiger partial charge on any atom is -0.497 e. The number of halogens is 1. The summed E-state index contributed by atoms with van der Waals surface area (Å²) in [5.41, 5.74) is 1.79. The van der Waals surface area contributed by atoms with Crippen LogP contribution in [0.3, 0.4) is 0 Å². The highest BCUT2D eigenvalue weighted by Crippen LogP contribution is 2.33. The summed E-state index contributed by atoms with van der Waals surface area (Å²) in [4.78, 5) is 30.5. The Bertz CT molecular complexity index is 1810. The third kappa shape index (κ3) is 9.13. The summed E-state index contributed by atoms with van der Waals surface area (Å²) in [7, 11) is -2.76. The predicted molar refractivity (Wildman–Crippen MR) is 191 cm³/mol. The van der Waals surface area contributed by atoms with Crippen LogP contribution in [0.5, 0.6) is 11.5 Å². The maximum atomic E-state index is 14.8. The average Bonchev–Trinajstić information content (AvgIpc) is 3.63. The van der Waals surface area contributed by atoms with E-state index in [2.05, 4.69) is 5.32 Å². The number of carbonyl (C=O) groups excluding carboxylic acids is 2. The Balaban J connectivity index is 1.60. The molecule has 9 nitrogen and oxygen atoms in total. The normalized spacial score (nSPS) is 13.8. The van der Waals surface area contributed by atoms with Crippen LogP contribution < -0.4 is 19.1 Å². The first kappa shape index (κ1) is 35.8. The fourth-order valence-corrected chi connectivity index (χ4v) is 7.63. The van der Waals surface area contributed by atoms with Crippen LogP contribution in [0.4, 0.5) is 5.69 Å². The summed E-state index contributed by atoms with van der Waals surface area (Å²) >= 11 is 6.11. The number of ether oxygens (including phenoxy) is 2. The number of para-hydroxylation sites is 2. The highest BCUT2D eigenvalue weighted by molar-refractivity contribution is 7.92. The highest BCUT2D eigenvalue weighted by atomic mass is 35.5. The van der Waals surface area contributed by atoms with Gasteiger partial charge in [-0.25, -0.2) is 8.42 Å². The van der Waals surface area contributed by atoms with E-state index in [-0.39, 0.29) is 42.1 Å². The van der Waals surface area contributed by atoms with Crippen LogP contribution in [-0.4, -0.2) is 57.5 Å². The van der Waals surface area contributed by atoms with Gasteiger partial charge in [0, 0.05) is 24.0 Å². The first-order valence-electron chi connectivity index (χ1n) is 16.5. The maximum absolute atomic E-state index is 14.8. The molecule has 258 valence electrons. The molecule has 1 atom stereocenters. The molecule has 0 radical (unpaired) electrons. The number of carbonyl (C=O) groups is 2. The zero-order chi connectivity index (χ0) is 34.8. The zero-order valence-corrected chi connectivity index (χ0v) is 29.3. The molecule has 2 amide bonds. The van der Waals surface area contributed by atoms with Crippen LogP contribution in [0.1, 0.15) is 43.7 Å². The minimum absolute atomic E-state index is 0.0133. The topological polar surface area (TPSA) is 105 Å². The number of rotatable bonds is 15. The predicted octanol–water partition coefficient (Wildman–Crippen LogP) is 6.64. The van der Waals surface area contributed by atoms with E-state index in [0.717, 1.165) is 41.1 Å². The van der Waals surface area contributed by atoms with Crippen LogP contribution in [0.25, 0.3) is 0 Å². The quantitative estimate of drug-likeness (QED) is 0.149. The van der Waals surface area contributed by atoms with Crippen molar-refractivity contribution < 1.29 is 27.5 Å². The standard InChI is InChI=1S/C38H42ClN3O6S/c1-3-48-36-19-10-9-18-34(36)42(49(45,46)33-22-20-30(39)21-23-33)27-37(43)41(26-29-14-11-17-32(24-29)47-2)35(25-28-12-5-4-6-13-28)38(44)40-31-15-7-8-16-31/h4-6,9-14,17-24,31,35H,3,7-8,15-16,25-27H2,1-2H3,(H,40,44). The van der Waals surface area contributed by atoms with E-state index in [1.54, 1.807) is 50.4 Å². The third-order valence-electron chi connectivity index (χ3n) is 8.57. The molecule has 0 spiro atoms. The molecule has 11 heteroatoms. The number of nitrogens with one attached hydrogen (secondary N) is 1. The van der Waals surface area contributed by atoms with Crippen molar-refractivity contribution in [3.8, 4) is 11.5 Å². The van der Waals surface area contributed by atoms with E-state index >= 15 is 0 Å². The van der Waals surface area contributed by atoms with Crippen LogP contribution in [0, 0.1) is 0 Å². The summed E-state index contributed by atoms with van der Waals surface area (Å²) in [5, 5.41) is 3.57. The fourth-order valence-electron chi connectivity index (χ4n) is 6.08. The second kappa shape index (κ2) is 16.7. The van der Waals surface area contributed by atoms with Gasteiger partial charge in [0.25, 0.3) is 10.0 Å². The van der Waals surface area contributed by atoms with Crippen LogP contribution in [0.15, 0.2) is 108 Å². The molecule has 1 fully saturated rings. The van der Waals surface area contributed by atoms with Gasteiger partial charge in [-0.3, -0.25) is 13.9 Å². The number of sulfonamides is 1. The number of nitrogens with zero attached hydrogens (tertiary/aromatic N) is 2. The van der Waals surface area contributed by atoms with Gasteiger partial charge in [0.2, 0.25) is 11.8 Å². The molecule has 1 aliphatic rings. The van der Waals surface area contributed by atoms with E-state index in [0.29, 0.717) is 16.5 Å². The Hall–Kier alpha value is -4.54. The van der Waals surface area contributed by atoms with Gasteiger partial charge >= 0.3 is 0 Å². The van der Waals surface area contributed by atoms with Gasteiger partial charge < -0.3 is 19.7 Å². The van der Waals surface area contributed by atoms with Gasteiger partial charge in [-0.05, 0) is 79.4 Å². The zero-order valence-electron chi connectivity index (χ0n) is 27.8. The van der Waals surface area contributed by atoms with Crippen molar-refractivity contribution in [3.05, 3.63) is 119 Å². The van der Waals surface area contributed by atoms with E-state index in [4.69, 9.17) is 21.1 Å². The van der Waals surface area contributed by atoms with Crippen molar-refractivity contribution in [2.75, 3.05) is 24.6 Å². The second-order valence-corrected chi connectivity index (χ2v) is 14.2. The largest absolute Gasteiger partial charge is 0.497 e. The lowest BCUT2D eigenvalue weighted by molar-refractivity contribution is -0.140. The number of anilines is 1. The molecule has 1 saturated carbocycles. The summed E-state index contributed by atoms with van der Waals surface area (Å²) in [6.45, 7) is 1.52. The van der Waals surface area contributed by atoms with E-state index in [1.807, 2.05) is 42.5 Å². The van der Waals surface area contributed by atoms with Gasteiger partial charge in [-0.15, -0.1) is 0 Å². The molecule has 0 aliphatic heterocycles. The molecule has 0 aromatic heterocycles. The van der Waals surface area contributed by atoms with E-state index in [1.165, 1.54) is 29.2 Å². The van der Waals surface area contributed by atoms with Crippen molar-refractivity contribution in [1.82, 2.24) is 10.2 Å². The Kier molecular flexibility index (Phi) is 12.2. The van der Waals surface area contributed by atoms with Gasteiger partial charge in [0.15, 0.2) is 0 Å². The molecule has 0 saturated heterocycles. The van der Waals surface area contributed by atoms with Gasteiger partial charge in [-0.2, -0.15) is 0 Å². The number of hydrogen-bond acceptors (Lipinski definition) is 6. The maximum Gasteiger partial charge on any atom is 0.264 e. The Morgan fingerprint density at radius 2 is 1.57 bits per heavy atom. The number of hydrogen-bond donors (Lipinski definition) is 1. The van der Waals surface area contributed by atoms with Crippen molar-refractivity contribution in [2.24, 2.45) is 0 Å². The van der Waals surface area contributed by atoms with Crippen molar-refractivity contribution >= 4 is 39.1 Å².